The fourth-order valence-corrected chi connectivity index (χ4v) is 3.08. The molecule has 0 saturated heterocycles. The second-order valence-corrected chi connectivity index (χ2v) is 7.43. The highest BCUT2D eigenvalue weighted by atomic mass is 35.5. The largest absolute Gasteiger partial charge is 0.417 e. The fourth-order valence-electron chi connectivity index (χ4n) is 2.13. The SMILES string of the molecule is CC(Sc1n[nH]c(C2CC2)n1)C(=O)Nc1ccc(Cl)c(C(F)(F)F)c1. The van der Waals surface area contributed by atoms with Crippen molar-refractivity contribution in [3.05, 3.63) is 34.6 Å². The molecule has 2 aromatic rings. The van der Waals surface area contributed by atoms with Crippen LogP contribution in [0.4, 0.5) is 18.9 Å². The van der Waals surface area contributed by atoms with Gasteiger partial charge in [-0.2, -0.15) is 13.2 Å². The fraction of sp³-hybridized carbons (Fsp3) is 0.400. The van der Waals surface area contributed by atoms with Gasteiger partial charge in [-0.3, -0.25) is 9.89 Å². The van der Waals surface area contributed by atoms with Crippen LogP contribution in [0.3, 0.4) is 0 Å². The zero-order valence-electron chi connectivity index (χ0n) is 13.0. The molecule has 2 N–H and O–H groups in total. The Morgan fingerprint density at radius 1 is 1.44 bits per heavy atom. The first-order valence-electron chi connectivity index (χ1n) is 7.50. The summed E-state index contributed by atoms with van der Waals surface area (Å²) in [4.78, 5) is 16.5. The van der Waals surface area contributed by atoms with Crippen molar-refractivity contribution in [2.24, 2.45) is 0 Å². The standard InChI is InChI=1S/C15H14ClF3N4OS/c1-7(25-14-21-12(22-23-14)8-2-3-8)13(24)20-9-4-5-11(16)10(6-9)15(17,18)19/h4-8H,2-3H2,1H3,(H,20,24)(H,21,22,23). The van der Waals surface area contributed by atoms with E-state index in [2.05, 4.69) is 20.5 Å². The minimum Gasteiger partial charge on any atom is -0.325 e. The third-order valence-electron chi connectivity index (χ3n) is 3.64. The highest BCUT2D eigenvalue weighted by Crippen LogP contribution is 2.39. The van der Waals surface area contributed by atoms with Gasteiger partial charge in [0.1, 0.15) is 5.82 Å². The van der Waals surface area contributed by atoms with Gasteiger partial charge in [-0.1, -0.05) is 23.4 Å². The predicted molar refractivity (Wildman–Crippen MR) is 88.8 cm³/mol. The lowest BCUT2D eigenvalue weighted by Gasteiger charge is -2.13. The van der Waals surface area contributed by atoms with E-state index in [1.54, 1.807) is 6.92 Å². The number of anilines is 1. The van der Waals surface area contributed by atoms with Crippen molar-refractivity contribution in [3.63, 3.8) is 0 Å². The molecule has 1 heterocycles. The van der Waals surface area contributed by atoms with Gasteiger partial charge in [0.15, 0.2) is 0 Å². The van der Waals surface area contributed by atoms with E-state index in [0.29, 0.717) is 11.1 Å². The minimum atomic E-state index is -4.59. The lowest BCUT2D eigenvalue weighted by Crippen LogP contribution is -2.22. The number of alkyl halides is 3. The molecule has 1 aliphatic carbocycles. The smallest absolute Gasteiger partial charge is 0.325 e. The predicted octanol–water partition coefficient (Wildman–Crippen LogP) is 4.47. The number of aromatic amines is 1. The minimum absolute atomic E-state index is 0.0304. The summed E-state index contributed by atoms with van der Waals surface area (Å²) in [6, 6.07) is 3.25. The Morgan fingerprint density at radius 2 is 2.16 bits per heavy atom. The van der Waals surface area contributed by atoms with Crippen LogP contribution in [0, 0.1) is 0 Å². The van der Waals surface area contributed by atoms with E-state index < -0.39 is 27.9 Å². The maximum Gasteiger partial charge on any atom is 0.417 e. The first-order chi connectivity index (χ1) is 11.7. The van der Waals surface area contributed by atoms with Gasteiger partial charge >= 0.3 is 6.18 Å². The van der Waals surface area contributed by atoms with Gasteiger partial charge in [0, 0.05) is 11.6 Å². The number of H-pyrrole nitrogens is 1. The second-order valence-electron chi connectivity index (χ2n) is 5.72. The number of thioether (sulfide) groups is 1. The molecule has 1 amide bonds. The lowest BCUT2D eigenvalue weighted by molar-refractivity contribution is -0.137. The first kappa shape index (κ1) is 18.1. The molecular weight excluding hydrogens is 377 g/mol. The summed E-state index contributed by atoms with van der Waals surface area (Å²) in [6.07, 6.45) is -2.43. The molecule has 134 valence electrons. The van der Waals surface area contributed by atoms with E-state index >= 15 is 0 Å². The molecule has 1 saturated carbocycles. The molecule has 0 bridgehead atoms. The number of amides is 1. The number of nitrogens with one attached hydrogen (secondary N) is 2. The number of carbonyl (C=O) groups is 1. The van der Waals surface area contributed by atoms with Gasteiger partial charge in [0.25, 0.3) is 0 Å². The van der Waals surface area contributed by atoms with E-state index in [-0.39, 0.29) is 5.69 Å². The molecule has 1 aromatic heterocycles. The number of halogens is 4. The molecule has 1 atom stereocenters. The van der Waals surface area contributed by atoms with Crippen molar-refractivity contribution in [2.75, 3.05) is 5.32 Å². The number of hydrogen-bond acceptors (Lipinski definition) is 4. The lowest BCUT2D eigenvalue weighted by atomic mass is 10.2. The quantitative estimate of drug-likeness (QED) is 0.739. The summed E-state index contributed by atoms with van der Waals surface area (Å²) < 4.78 is 38.6. The van der Waals surface area contributed by atoms with E-state index in [0.717, 1.165) is 42.6 Å². The molecule has 10 heteroatoms. The van der Waals surface area contributed by atoms with Gasteiger partial charge in [-0.15, -0.1) is 5.10 Å². The van der Waals surface area contributed by atoms with Crippen molar-refractivity contribution >= 4 is 35.0 Å². The second kappa shape index (κ2) is 6.87. The van der Waals surface area contributed by atoms with E-state index in [4.69, 9.17) is 11.6 Å². The zero-order valence-corrected chi connectivity index (χ0v) is 14.6. The van der Waals surface area contributed by atoms with Crippen LogP contribution in [0.5, 0.6) is 0 Å². The maximum absolute atomic E-state index is 12.9. The Hall–Kier alpha value is -1.74. The molecule has 5 nitrogen and oxygen atoms in total. The highest BCUT2D eigenvalue weighted by molar-refractivity contribution is 8.00. The number of benzene rings is 1. The van der Waals surface area contributed by atoms with Crippen LogP contribution in [0.1, 0.15) is 37.1 Å². The van der Waals surface area contributed by atoms with Crippen molar-refractivity contribution in [1.82, 2.24) is 15.2 Å². The van der Waals surface area contributed by atoms with Gasteiger partial charge in [-0.25, -0.2) is 4.98 Å². The van der Waals surface area contributed by atoms with E-state index in [9.17, 15) is 18.0 Å². The van der Waals surface area contributed by atoms with E-state index in [1.165, 1.54) is 6.07 Å². The van der Waals surface area contributed by atoms with Gasteiger partial charge in [0.2, 0.25) is 11.1 Å². The topological polar surface area (TPSA) is 70.7 Å². The Bertz CT molecular complexity index is 791. The van der Waals surface area contributed by atoms with Crippen molar-refractivity contribution in [1.29, 1.82) is 0 Å². The Morgan fingerprint density at radius 3 is 2.80 bits per heavy atom. The summed E-state index contributed by atoms with van der Waals surface area (Å²) in [5, 5.41) is 8.79. The Kier molecular flexibility index (Phi) is 4.97. The summed E-state index contributed by atoms with van der Waals surface area (Å²) >= 11 is 6.70. The average Bonchev–Trinajstić information content (AvgIpc) is 3.28. The zero-order chi connectivity index (χ0) is 18.2. The van der Waals surface area contributed by atoms with Crippen molar-refractivity contribution < 1.29 is 18.0 Å². The number of nitrogens with zero attached hydrogens (tertiary/aromatic N) is 2. The van der Waals surface area contributed by atoms with Crippen LogP contribution in [-0.4, -0.2) is 26.3 Å². The normalized spacial score (nSPS) is 15.9. The molecule has 1 aliphatic rings. The molecule has 3 rings (SSSR count). The molecule has 0 aliphatic heterocycles. The summed E-state index contributed by atoms with van der Waals surface area (Å²) in [7, 11) is 0. The van der Waals surface area contributed by atoms with Crippen LogP contribution in [0.15, 0.2) is 23.4 Å². The number of aromatic nitrogens is 3. The molecule has 0 radical (unpaired) electrons. The molecule has 25 heavy (non-hydrogen) atoms. The Balaban J connectivity index is 1.64. The molecule has 1 fully saturated rings. The monoisotopic (exact) mass is 390 g/mol. The van der Waals surface area contributed by atoms with Gasteiger partial charge in [-0.05, 0) is 38.0 Å². The van der Waals surface area contributed by atoms with Crippen LogP contribution in [0.2, 0.25) is 5.02 Å². The third kappa shape index (κ3) is 4.46. The third-order valence-corrected chi connectivity index (χ3v) is 4.93. The highest BCUT2D eigenvalue weighted by Gasteiger charge is 2.33. The Labute approximate surface area is 150 Å². The molecule has 1 aromatic carbocycles. The van der Waals surface area contributed by atoms with E-state index in [1.807, 2.05) is 0 Å². The number of hydrogen-bond donors (Lipinski definition) is 2. The van der Waals surface area contributed by atoms with Crippen LogP contribution >= 0.6 is 23.4 Å². The maximum atomic E-state index is 12.9. The molecular formula is C15H14ClF3N4OS. The van der Waals surface area contributed by atoms with Crippen LogP contribution in [-0.2, 0) is 11.0 Å². The summed E-state index contributed by atoms with van der Waals surface area (Å²) in [5.41, 5.74) is -0.960. The summed E-state index contributed by atoms with van der Waals surface area (Å²) in [5.74, 6) is 0.779. The van der Waals surface area contributed by atoms with Crippen molar-refractivity contribution in [2.45, 2.75) is 42.3 Å². The number of carbonyl (C=O) groups excluding carboxylic acids is 1. The van der Waals surface area contributed by atoms with Crippen LogP contribution in [0.25, 0.3) is 0 Å². The average molecular weight is 391 g/mol. The number of rotatable bonds is 5. The molecule has 1 unspecified atom stereocenters. The van der Waals surface area contributed by atoms with Gasteiger partial charge in [0.05, 0.1) is 15.8 Å². The molecule has 0 spiro atoms. The summed E-state index contributed by atoms with van der Waals surface area (Å²) in [6.45, 7) is 1.63. The first-order valence-corrected chi connectivity index (χ1v) is 8.76. The van der Waals surface area contributed by atoms with Crippen molar-refractivity contribution in [3.8, 4) is 0 Å². The van der Waals surface area contributed by atoms with Gasteiger partial charge < -0.3 is 5.32 Å². The van der Waals surface area contributed by atoms with Crippen LogP contribution < -0.4 is 5.32 Å².